The number of hydrogen-bond acceptors (Lipinski definition) is 4. The predicted octanol–water partition coefficient (Wildman–Crippen LogP) is 3.87. The van der Waals surface area contributed by atoms with Crippen molar-refractivity contribution in [2.75, 3.05) is 0 Å². The summed E-state index contributed by atoms with van der Waals surface area (Å²) in [6.07, 6.45) is 0. The molecule has 0 aliphatic carbocycles. The summed E-state index contributed by atoms with van der Waals surface area (Å²) in [5.74, 6) is 0. The van der Waals surface area contributed by atoms with Crippen molar-refractivity contribution in [3.63, 3.8) is 0 Å². The molecule has 14 heavy (non-hydrogen) atoms. The number of halogens is 1. The van der Waals surface area contributed by atoms with Crippen molar-refractivity contribution in [1.82, 2.24) is 10.2 Å². The fourth-order valence-corrected chi connectivity index (χ4v) is 2.91. The average Bonchev–Trinajstić information content (AvgIpc) is 2.70. The Hall–Kier alpha value is -0.450. The Labute approximate surface area is 95.6 Å². The van der Waals surface area contributed by atoms with E-state index >= 15 is 0 Å². The molecular weight excluding hydrogens is 236 g/mol. The Bertz CT molecular complexity index is 433. The molecule has 5 heteroatoms. The number of aryl methyl sites for hydroxylation is 1. The monoisotopic (exact) mass is 244 g/mol. The lowest BCUT2D eigenvalue weighted by Gasteiger charge is -1.90. The van der Waals surface area contributed by atoms with Crippen molar-refractivity contribution in [3.8, 4) is 9.88 Å². The molecule has 2 aromatic rings. The SMILES string of the molecule is Cc1ccc(-c2nnc(C(C)Cl)s2)s1. The molecule has 2 nitrogen and oxygen atoms in total. The largest absolute Gasteiger partial charge is 0.157 e. The van der Waals surface area contributed by atoms with Gasteiger partial charge < -0.3 is 0 Å². The van der Waals surface area contributed by atoms with E-state index < -0.39 is 0 Å². The summed E-state index contributed by atoms with van der Waals surface area (Å²) < 4.78 is 0. The summed E-state index contributed by atoms with van der Waals surface area (Å²) in [5, 5.41) is 9.95. The van der Waals surface area contributed by atoms with E-state index in [1.54, 1.807) is 22.7 Å². The van der Waals surface area contributed by atoms with Crippen molar-refractivity contribution in [2.24, 2.45) is 0 Å². The van der Waals surface area contributed by atoms with E-state index in [0.717, 1.165) is 10.0 Å². The number of thiophene rings is 1. The third-order valence-electron chi connectivity index (χ3n) is 1.73. The molecule has 2 heterocycles. The summed E-state index contributed by atoms with van der Waals surface area (Å²) in [6, 6.07) is 4.16. The minimum absolute atomic E-state index is 0.0534. The van der Waals surface area contributed by atoms with E-state index in [4.69, 9.17) is 11.6 Å². The van der Waals surface area contributed by atoms with E-state index in [9.17, 15) is 0 Å². The molecule has 0 N–H and O–H groups in total. The van der Waals surface area contributed by atoms with E-state index in [2.05, 4.69) is 29.3 Å². The number of alkyl halides is 1. The number of hydrogen-bond donors (Lipinski definition) is 0. The molecule has 0 aliphatic heterocycles. The highest BCUT2D eigenvalue weighted by Gasteiger charge is 2.11. The Morgan fingerprint density at radius 3 is 2.57 bits per heavy atom. The Balaban J connectivity index is 2.33. The Kier molecular flexibility index (Phi) is 2.85. The topological polar surface area (TPSA) is 25.8 Å². The molecule has 0 saturated carbocycles. The molecule has 0 bridgehead atoms. The summed E-state index contributed by atoms with van der Waals surface area (Å²) in [5.41, 5.74) is 0. The van der Waals surface area contributed by atoms with Crippen LogP contribution in [0.25, 0.3) is 9.88 Å². The molecule has 2 rings (SSSR count). The molecule has 74 valence electrons. The van der Waals surface area contributed by atoms with E-state index in [1.807, 2.05) is 6.92 Å². The zero-order valence-electron chi connectivity index (χ0n) is 7.82. The van der Waals surface area contributed by atoms with Crippen LogP contribution in [-0.2, 0) is 0 Å². The second-order valence-electron chi connectivity index (χ2n) is 2.97. The fourth-order valence-electron chi connectivity index (χ4n) is 1.04. The van der Waals surface area contributed by atoms with Gasteiger partial charge in [-0.1, -0.05) is 11.3 Å². The molecule has 1 atom stereocenters. The standard InChI is InChI=1S/C9H9ClN2S2/c1-5-3-4-7(13-5)9-12-11-8(14-9)6(2)10/h3-4,6H,1-2H3. The van der Waals surface area contributed by atoms with Crippen molar-refractivity contribution < 1.29 is 0 Å². The van der Waals surface area contributed by atoms with Gasteiger partial charge >= 0.3 is 0 Å². The van der Waals surface area contributed by atoms with Gasteiger partial charge in [0.1, 0.15) is 5.01 Å². The lowest BCUT2D eigenvalue weighted by atomic mass is 10.4. The van der Waals surface area contributed by atoms with Crippen molar-refractivity contribution in [1.29, 1.82) is 0 Å². The summed E-state index contributed by atoms with van der Waals surface area (Å²) >= 11 is 9.21. The van der Waals surface area contributed by atoms with Crippen molar-refractivity contribution >= 4 is 34.3 Å². The van der Waals surface area contributed by atoms with Gasteiger partial charge in [-0.15, -0.1) is 33.1 Å². The zero-order valence-corrected chi connectivity index (χ0v) is 10.2. The third-order valence-corrected chi connectivity index (χ3v) is 4.34. The second-order valence-corrected chi connectivity index (χ2v) is 5.92. The quantitative estimate of drug-likeness (QED) is 0.750. The number of aromatic nitrogens is 2. The molecular formula is C9H9ClN2S2. The van der Waals surface area contributed by atoms with Crippen LogP contribution in [0, 0.1) is 6.92 Å². The van der Waals surface area contributed by atoms with Gasteiger partial charge in [0.25, 0.3) is 0 Å². The molecule has 0 aromatic carbocycles. The average molecular weight is 245 g/mol. The molecule has 1 unspecified atom stereocenters. The van der Waals surface area contributed by atoms with Gasteiger partial charge in [0.05, 0.1) is 10.3 Å². The predicted molar refractivity (Wildman–Crippen MR) is 62.2 cm³/mol. The first-order valence-electron chi connectivity index (χ1n) is 4.21. The zero-order chi connectivity index (χ0) is 10.1. The van der Waals surface area contributed by atoms with Gasteiger partial charge in [-0.05, 0) is 26.0 Å². The molecule has 0 fully saturated rings. The van der Waals surface area contributed by atoms with Crippen LogP contribution in [-0.4, -0.2) is 10.2 Å². The maximum Gasteiger partial charge on any atom is 0.157 e. The van der Waals surface area contributed by atoms with Gasteiger partial charge in [-0.2, -0.15) is 0 Å². The van der Waals surface area contributed by atoms with E-state index in [1.165, 1.54) is 9.75 Å². The van der Waals surface area contributed by atoms with Crippen LogP contribution in [0.2, 0.25) is 0 Å². The van der Waals surface area contributed by atoms with E-state index in [0.29, 0.717) is 0 Å². The minimum Gasteiger partial charge on any atom is -0.142 e. The molecule has 2 aromatic heterocycles. The van der Waals surface area contributed by atoms with Crippen LogP contribution < -0.4 is 0 Å². The summed E-state index contributed by atoms with van der Waals surface area (Å²) in [4.78, 5) is 2.46. The third kappa shape index (κ3) is 1.97. The second kappa shape index (κ2) is 3.96. The van der Waals surface area contributed by atoms with Crippen molar-refractivity contribution in [2.45, 2.75) is 19.2 Å². The van der Waals surface area contributed by atoms with Crippen LogP contribution in [0.1, 0.15) is 22.2 Å². The summed E-state index contributed by atoms with van der Waals surface area (Å²) in [6.45, 7) is 3.99. The highest BCUT2D eigenvalue weighted by molar-refractivity contribution is 7.21. The first-order valence-corrected chi connectivity index (χ1v) is 6.28. The molecule has 0 aliphatic rings. The summed E-state index contributed by atoms with van der Waals surface area (Å²) in [7, 11) is 0. The first kappa shape index (κ1) is 10.1. The van der Waals surface area contributed by atoms with Gasteiger partial charge in [0.2, 0.25) is 0 Å². The maximum atomic E-state index is 5.92. The maximum absolute atomic E-state index is 5.92. The van der Waals surface area contributed by atoms with Gasteiger partial charge in [-0.25, -0.2) is 0 Å². The highest BCUT2D eigenvalue weighted by atomic mass is 35.5. The first-order chi connectivity index (χ1) is 6.66. The van der Waals surface area contributed by atoms with Crippen LogP contribution >= 0.6 is 34.3 Å². The number of rotatable bonds is 2. The minimum atomic E-state index is -0.0534. The van der Waals surface area contributed by atoms with Crippen LogP contribution in [0.15, 0.2) is 12.1 Å². The molecule has 0 radical (unpaired) electrons. The highest BCUT2D eigenvalue weighted by Crippen LogP contribution is 2.32. The van der Waals surface area contributed by atoms with Crippen LogP contribution in [0.4, 0.5) is 0 Å². The van der Waals surface area contributed by atoms with Crippen molar-refractivity contribution in [3.05, 3.63) is 22.0 Å². The van der Waals surface area contributed by atoms with Gasteiger partial charge in [-0.3, -0.25) is 0 Å². The van der Waals surface area contributed by atoms with Crippen LogP contribution in [0.3, 0.4) is 0 Å². The van der Waals surface area contributed by atoms with Gasteiger partial charge in [0.15, 0.2) is 5.01 Å². The normalized spacial score (nSPS) is 13.1. The van der Waals surface area contributed by atoms with Crippen LogP contribution in [0.5, 0.6) is 0 Å². The lowest BCUT2D eigenvalue weighted by molar-refractivity contribution is 0.963. The van der Waals surface area contributed by atoms with E-state index in [-0.39, 0.29) is 5.38 Å². The molecule has 0 spiro atoms. The Morgan fingerprint density at radius 2 is 2.07 bits per heavy atom. The fraction of sp³-hybridized carbons (Fsp3) is 0.333. The Morgan fingerprint density at radius 1 is 1.29 bits per heavy atom. The van der Waals surface area contributed by atoms with Gasteiger partial charge in [0, 0.05) is 4.88 Å². The smallest absolute Gasteiger partial charge is 0.142 e. The molecule has 0 amide bonds. The molecule has 0 saturated heterocycles. The number of nitrogens with zero attached hydrogens (tertiary/aromatic N) is 2. The lowest BCUT2D eigenvalue weighted by Crippen LogP contribution is -1.80.